The van der Waals surface area contributed by atoms with Gasteiger partial charge in [-0.2, -0.15) is 0 Å². The van der Waals surface area contributed by atoms with E-state index in [-0.39, 0.29) is 30.9 Å². The smallest absolute Gasteiger partial charge is 0.313 e. The summed E-state index contributed by atoms with van der Waals surface area (Å²) in [6.45, 7) is 4.53. The highest BCUT2D eigenvalue weighted by atomic mass is 16.7. The summed E-state index contributed by atoms with van der Waals surface area (Å²) < 4.78 is 21.5. The van der Waals surface area contributed by atoms with E-state index >= 15 is 0 Å². The Bertz CT molecular complexity index is 455. The van der Waals surface area contributed by atoms with Crippen molar-refractivity contribution in [3.63, 3.8) is 0 Å². The highest BCUT2D eigenvalue weighted by molar-refractivity contribution is 5.76. The molecule has 0 heterocycles. The van der Waals surface area contributed by atoms with E-state index < -0.39 is 5.41 Å². The maximum atomic E-state index is 12.1. The molecule has 6 nitrogen and oxygen atoms in total. The van der Waals surface area contributed by atoms with Crippen molar-refractivity contribution in [3.05, 3.63) is 0 Å². The van der Waals surface area contributed by atoms with Crippen molar-refractivity contribution < 1.29 is 28.5 Å². The predicted molar refractivity (Wildman–Crippen MR) is 96.4 cm³/mol. The second-order valence-electron chi connectivity index (χ2n) is 8.02. The van der Waals surface area contributed by atoms with E-state index in [9.17, 15) is 9.59 Å². The van der Waals surface area contributed by atoms with Crippen LogP contribution >= 0.6 is 0 Å². The van der Waals surface area contributed by atoms with Gasteiger partial charge in [0, 0.05) is 13.0 Å². The van der Waals surface area contributed by atoms with Crippen LogP contribution in [0.3, 0.4) is 0 Å². The zero-order valence-corrected chi connectivity index (χ0v) is 16.5. The summed E-state index contributed by atoms with van der Waals surface area (Å²) in [4.78, 5) is 23.8. The number of fused-ring (bicyclic) bond motifs is 3. The average Bonchev–Trinajstić information content (AvgIpc) is 2.67. The molecule has 0 amide bonds. The fraction of sp³-hybridized carbons (Fsp3) is 0.900. The van der Waals surface area contributed by atoms with Crippen LogP contribution in [-0.4, -0.2) is 44.7 Å². The Labute approximate surface area is 156 Å². The molecule has 0 aromatic carbocycles. The quantitative estimate of drug-likeness (QED) is 0.314. The van der Waals surface area contributed by atoms with Crippen LogP contribution < -0.4 is 0 Å². The van der Waals surface area contributed by atoms with Gasteiger partial charge in [-0.15, -0.1) is 0 Å². The minimum Gasteiger partial charge on any atom is -0.469 e. The molecule has 0 spiro atoms. The molecule has 0 aromatic heterocycles. The fourth-order valence-corrected chi connectivity index (χ4v) is 3.91. The first-order valence-corrected chi connectivity index (χ1v) is 9.89. The van der Waals surface area contributed by atoms with Gasteiger partial charge < -0.3 is 18.9 Å². The number of hydrogen-bond donors (Lipinski definition) is 0. The van der Waals surface area contributed by atoms with Gasteiger partial charge in [-0.05, 0) is 64.2 Å². The lowest BCUT2D eigenvalue weighted by atomic mass is 9.68. The molecule has 3 rings (SSSR count). The second kappa shape index (κ2) is 9.70. The summed E-state index contributed by atoms with van der Waals surface area (Å²) in [5.74, 6) is 0.468. The maximum absolute atomic E-state index is 12.1. The molecular weight excluding hydrogens is 336 g/mol. The van der Waals surface area contributed by atoms with E-state index in [4.69, 9.17) is 18.9 Å². The Morgan fingerprint density at radius 3 is 2.35 bits per heavy atom. The van der Waals surface area contributed by atoms with Crippen LogP contribution in [0.4, 0.5) is 0 Å². The molecular formula is C20H34O6. The first-order chi connectivity index (χ1) is 12.4. The fourth-order valence-electron chi connectivity index (χ4n) is 3.91. The SMILES string of the molecule is CCC(C)(COCOCCCC(=O)OC12CCC(CC1)CC2)C(=O)OC. The van der Waals surface area contributed by atoms with Crippen LogP contribution in [0.1, 0.15) is 71.6 Å². The first kappa shape index (κ1) is 21.2. The number of carbonyl (C=O) groups excluding carboxylic acids is 2. The van der Waals surface area contributed by atoms with E-state index in [0.29, 0.717) is 25.9 Å². The van der Waals surface area contributed by atoms with Crippen LogP contribution in [0.25, 0.3) is 0 Å². The third-order valence-corrected chi connectivity index (χ3v) is 6.07. The molecule has 1 unspecified atom stereocenters. The molecule has 1 atom stereocenters. The second-order valence-corrected chi connectivity index (χ2v) is 8.02. The molecule has 3 saturated carbocycles. The third-order valence-electron chi connectivity index (χ3n) is 6.07. The van der Waals surface area contributed by atoms with Crippen molar-refractivity contribution in [2.45, 2.75) is 77.2 Å². The molecule has 3 fully saturated rings. The number of methoxy groups -OCH3 is 1. The monoisotopic (exact) mass is 370 g/mol. The average molecular weight is 370 g/mol. The Kier molecular flexibility index (Phi) is 7.89. The van der Waals surface area contributed by atoms with Crippen LogP contribution in [0.2, 0.25) is 0 Å². The third kappa shape index (κ3) is 5.68. The van der Waals surface area contributed by atoms with Gasteiger partial charge in [0.05, 0.1) is 19.1 Å². The molecule has 0 N–H and O–H groups in total. The molecule has 0 aromatic rings. The Morgan fingerprint density at radius 2 is 1.77 bits per heavy atom. The molecule has 6 heteroatoms. The molecule has 2 bridgehead atoms. The van der Waals surface area contributed by atoms with Gasteiger partial charge in [0.25, 0.3) is 0 Å². The zero-order valence-electron chi connectivity index (χ0n) is 16.5. The van der Waals surface area contributed by atoms with E-state index in [0.717, 1.165) is 25.2 Å². The summed E-state index contributed by atoms with van der Waals surface area (Å²) in [5, 5.41) is 0. The van der Waals surface area contributed by atoms with Crippen molar-refractivity contribution in [1.29, 1.82) is 0 Å². The first-order valence-electron chi connectivity index (χ1n) is 9.89. The van der Waals surface area contributed by atoms with E-state index in [1.165, 1.54) is 26.4 Å². The normalized spacial score (nSPS) is 27.0. The van der Waals surface area contributed by atoms with Crippen LogP contribution in [0.15, 0.2) is 0 Å². The number of ether oxygens (including phenoxy) is 4. The molecule has 3 aliphatic carbocycles. The largest absolute Gasteiger partial charge is 0.469 e. The molecule has 150 valence electrons. The summed E-state index contributed by atoms with van der Waals surface area (Å²) in [6, 6.07) is 0. The van der Waals surface area contributed by atoms with Crippen molar-refractivity contribution in [2.75, 3.05) is 27.1 Å². The van der Waals surface area contributed by atoms with Crippen molar-refractivity contribution in [3.8, 4) is 0 Å². The molecule has 3 aliphatic rings. The van der Waals surface area contributed by atoms with E-state index in [2.05, 4.69) is 0 Å². The number of rotatable bonds is 11. The van der Waals surface area contributed by atoms with Gasteiger partial charge in [-0.1, -0.05) is 6.92 Å². The topological polar surface area (TPSA) is 71.1 Å². The molecule has 0 saturated heterocycles. The minimum atomic E-state index is -0.653. The van der Waals surface area contributed by atoms with Gasteiger partial charge in [-0.25, -0.2) is 0 Å². The van der Waals surface area contributed by atoms with Crippen LogP contribution in [0, 0.1) is 11.3 Å². The summed E-state index contributed by atoms with van der Waals surface area (Å²) in [6.07, 6.45) is 8.33. The van der Waals surface area contributed by atoms with Gasteiger partial charge in [0.1, 0.15) is 12.4 Å². The van der Waals surface area contributed by atoms with Crippen LogP contribution in [-0.2, 0) is 28.5 Å². The number of carbonyl (C=O) groups is 2. The Balaban J connectivity index is 1.53. The van der Waals surface area contributed by atoms with Gasteiger partial charge in [0.2, 0.25) is 0 Å². The molecule has 0 aliphatic heterocycles. The van der Waals surface area contributed by atoms with Gasteiger partial charge in [-0.3, -0.25) is 9.59 Å². The standard InChI is InChI=1S/C20H34O6/c1-4-19(2,18(22)23-3)14-25-15-24-13-5-6-17(21)26-20-10-7-16(8-11-20)9-12-20/h16H,4-15H2,1-3H3. The highest BCUT2D eigenvalue weighted by Gasteiger charge is 2.43. The predicted octanol–water partition coefficient (Wildman–Crippen LogP) is 3.61. The molecule has 26 heavy (non-hydrogen) atoms. The van der Waals surface area contributed by atoms with Gasteiger partial charge >= 0.3 is 11.9 Å². The van der Waals surface area contributed by atoms with Gasteiger partial charge in [0.15, 0.2) is 0 Å². The summed E-state index contributed by atoms with van der Waals surface area (Å²) >= 11 is 0. The number of hydrogen-bond acceptors (Lipinski definition) is 6. The van der Waals surface area contributed by atoms with Crippen LogP contribution in [0.5, 0.6) is 0 Å². The lowest BCUT2D eigenvalue weighted by Crippen LogP contribution is -2.43. The van der Waals surface area contributed by atoms with Crippen molar-refractivity contribution in [2.24, 2.45) is 11.3 Å². The summed E-state index contributed by atoms with van der Waals surface area (Å²) in [5.41, 5.74) is -0.825. The van der Waals surface area contributed by atoms with E-state index in [1.807, 2.05) is 13.8 Å². The lowest BCUT2D eigenvalue weighted by Gasteiger charge is -2.45. The zero-order chi connectivity index (χ0) is 19.0. The summed E-state index contributed by atoms with van der Waals surface area (Å²) in [7, 11) is 1.38. The highest BCUT2D eigenvalue weighted by Crippen LogP contribution is 2.46. The lowest BCUT2D eigenvalue weighted by molar-refractivity contribution is -0.172. The van der Waals surface area contributed by atoms with Crippen molar-refractivity contribution in [1.82, 2.24) is 0 Å². The minimum absolute atomic E-state index is 0.104. The van der Waals surface area contributed by atoms with E-state index in [1.54, 1.807) is 0 Å². The molecule has 0 radical (unpaired) electrons. The Hall–Kier alpha value is -1.14. The number of esters is 2. The Morgan fingerprint density at radius 1 is 1.12 bits per heavy atom. The maximum Gasteiger partial charge on any atom is 0.313 e. The van der Waals surface area contributed by atoms with Crippen molar-refractivity contribution >= 4 is 11.9 Å².